The normalized spacial score (nSPS) is 37.3. The fourth-order valence-corrected chi connectivity index (χ4v) is 0.356. The molecule has 40 valence electrons. The van der Waals surface area contributed by atoms with E-state index >= 15 is 0 Å². The van der Waals surface area contributed by atoms with E-state index in [4.69, 9.17) is 0 Å². The maximum Gasteiger partial charge on any atom is 0.293 e. The second-order valence-electron chi connectivity index (χ2n) is 1.52. The van der Waals surface area contributed by atoms with Crippen molar-refractivity contribution in [3.8, 4) is 0 Å². The molecule has 0 unspecified atom stereocenters. The minimum Gasteiger partial charge on any atom is -0.461 e. The summed E-state index contributed by atoms with van der Waals surface area (Å²) in [4.78, 5) is 9.41. The predicted molar refractivity (Wildman–Crippen MR) is 20.4 cm³/mol. The molecule has 1 saturated carbocycles. The average molecular weight is 104 g/mol. The Kier molecular flexibility index (Phi) is 0.964. The third-order valence-electron chi connectivity index (χ3n) is 0.888. The van der Waals surface area contributed by atoms with Gasteiger partial charge in [0.25, 0.3) is 6.47 Å². The topological polar surface area (TPSA) is 26.3 Å². The van der Waals surface area contributed by atoms with Gasteiger partial charge in [0.05, 0.1) is 0 Å². The molecule has 1 rings (SSSR count). The van der Waals surface area contributed by atoms with Gasteiger partial charge in [-0.15, -0.1) is 0 Å². The Balaban J connectivity index is 2.08. The Morgan fingerprint density at radius 3 is 2.57 bits per heavy atom. The SMILES string of the molecule is O=CO[C@H]1C[C@@H]1F. The maximum atomic E-state index is 11.7. The molecule has 0 bridgehead atoms. The van der Waals surface area contributed by atoms with Gasteiger partial charge in [0.15, 0.2) is 0 Å². The first kappa shape index (κ1) is 4.56. The van der Waals surface area contributed by atoms with Crippen molar-refractivity contribution < 1.29 is 13.9 Å². The van der Waals surface area contributed by atoms with Gasteiger partial charge >= 0.3 is 0 Å². The van der Waals surface area contributed by atoms with Gasteiger partial charge < -0.3 is 4.74 Å². The first-order valence-electron chi connectivity index (χ1n) is 2.08. The van der Waals surface area contributed by atoms with Crippen molar-refractivity contribution in [3.63, 3.8) is 0 Å². The number of halogens is 1. The van der Waals surface area contributed by atoms with Gasteiger partial charge in [-0.1, -0.05) is 0 Å². The largest absolute Gasteiger partial charge is 0.461 e. The van der Waals surface area contributed by atoms with E-state index in [2.05, 4.69) is 4.74 Å². The van der Waals surface area contributed by atoms with Crippen LogP contribution in [0.2, 0.25) is 0 Å². The summed E-state index contributed by atoms with van der Waals surface area (Å²) >= 11 is 0. The first-order valence-corrected chi connectivity index (χ1v) is 2.08. The Morgan fingerprint density at radius 2 is 2.43 bits per heavy atom. The molecule has 0 N–H and O–H groups in total. The third-order valence-corrected chi connectivity index (χ3v) is 0.888. The highest BCUT2D eigenvalue weighted by Crippen LogP contribution is 2.27. The van der Waals surface area contributed by atoms with Crippen molar-refractivity contribution >= 4 is 6.47 Å². The Morgan fingerprint density at radius 1 is 1.86 bits per heavy atom. The van der Waals surface area contributed by atoms with Crippen molar-refractivity contribution in [2.45, 2.75) is 18.7 Å². The van der Waals surface area contributed by atoms with E-state index in [1.54, 1.807) is 0 Å². The fourth-order valence-electron chi connectivity index (χ4n) is 0.356. The van der Waals surface area contributed by atoms with Gasteiger partial charge in [-0.2, -0.15) is 0 Å². The molecule has 1 aliphatic carbocycles. The highest BCUT2D eigenvalue weighted by Gasteiger charge is 2.39. The molecule has 3 heteroatoms. The molecule has 2 nitrogen and oxygen atoms in total. The lowest BCUT2D eigenvalue weighted by molar-refractivity contribution is -0.130. The zero-order chi connectivity index (χ0) is 5.28. The quantitative estimate of drug-likeness (QED) is 0.470. The van der Waals surface area contributed by atoms with Gasteiger partial charge in [-0.05, 0) is 0 Å². The van der Waals surface area contributed by atoms with Crippen LogP contribution in [0.5, 0.6) is 0 Å². The van der Waals surface area contributed by atoms with Crippen molar-refractivity contribution in [1.29, 1.82) is 0 Å². The summed E-state index contributed by atoms with van der Waals surface area (Å²) in [6.45, 7) is 0.282. The summed E-state index contributed by atoms with van der Waals surface area (Å²) in [6.07, 6.45) is -0.915. The maximum absolute atomic E-state index is 11.7. The second-order valence-corrected chi connectivity index (χ2v) is 1.52. The number of carbonyl (C=O) groups excluding carboxylic acids is 1. The monoisotopic (exact) mass is 104 g/mol. The molecular formula is C4H5FO2. The predicted octanol–water partition coefficient (Wildman–Crippen LogP) is 0.270. The van der Waals surface area contributed by atoms with E-state index < -0.39 is 12.3 Å². The number of carbonyl (C=O) groups is 1. The minimum absolute atomic E-state index is 0.282. The van der Waals surface area contributed by atoms with Crippen LogP contribution in [0.1, 0.15) is 6.42 Å². The van der Waals surface area contributed by atoms with Crippen molar-refractivity contribution in [2.24, 2.45) is 0 Å². The smallest absolute Gasteiger partial charge is 0.293 e. The zero-order valence-electron chi connectivity index (χ0n) is 3.63. The van der Waals surface area contributed by atoms with Crippen LogP contribution in [0.15, 0.2) is 0 Å². The van der Waals surface area contributed by atoms with E-state index in [0.717, 1.165) is 0 Å². The lowest BCUT2D eigenvalue weighted by Crippen LogP contribution is -1.92. The summed E-state index contributed by atoms with van der Waals surface area (Å²) < 4.78 is 15.9. The molecule has 0 aromatic heterocycles. The first-order chi connectivity index (χ1) is 3.34. The molecule has 0 spiro atoms. The van der Waals surface area contributed by atoms with Crippen LogP contribution in [-0.2, 0) is 9.53 Å². The van der Waals surface area contributed by atoms with Crippen LogP contribution in [0.25, 0.3) is 0 Å². The lowest BCUT2D eigenvalue weighted by atomic mass is 10.8. The highest BCUT2D eigenvalue weighted by atomic mass is 19.1. The molecule has 0 aromatic carbocycles. The molecule has 0 aromatic rings. The van der Waals surface area contributed by atoms with Gasteiger partial charge in [0.1, 0.15) is 12.3 Å². The van der Waals surface area contributed by atoms with E-state index in [1.807, 2.05) is 0 Å². The molecule has 0 aliphatic heterocycles. The molecule has 0 saturated heterocycles. The molecule has 0 heterocycles. The van der Waals surface area contributed by atoms with Crippen LogP contribution < -0.4 is 0 Å². The summed E-state index contributed by atoms with van der Waals surface area (Å²) in [7, 11) is 0. The number of rotatable bonds is 2. The van der Waals surface area contributed by atoms with E-state index in [-0.39, 0.29) is 6.47 Å². The average Bonchev–Trinajstić information content (AvgIpc) is 2.22. The van der Waals surface area contributed by atoms with Crippen molar-refractivity contribution in [3.05, 3.63) is 0 Å². The molecule has 1 fully saturated rings. The number of hydrogen-bond acceptors (Lipinski definition) is 2. The number of ether oxygens (including phenoxy) is 1. The van der Waals surface area contributed by atoms with Crippen LogP contribution in [0.4, 0.5) is 4.39 Å². The van der Waals surface area contributed by atoms with Gasteiger partial charge in [-0.3, -0.25) is 4.79 Å². The molecular weight excluding hydrogens is 99.0 g/mol. The van der Waals surface area contributed by atoms with Crippen molar-refractivity contribution in [2.75, 3.05) is 0 Å². The lowest BCUT2D eigenvalue weighted by Gasteiger charge is -1.85. The third kappa shape index (κ3) is 0.885. The molecule has 0 radical (unpaired) electrons. The van der Waals surface area contributed by atoms with Crippen LogP contribution in [0.3, 0.4) is 0 Å². The highest BCUT2D eigenvalue weighted by molar-refractivity contribution is 5.38. The van der Waals surface area contributed by atoms with E-state index in [9.17, 15) is 9.18 Å². The van der Waals surface area contributed by atoms with E-state index in [0.29, 0.717) is 6.42 Å². The van der Waals surface area contributed by atoms with Crippen LogP contribution in [-0.4, -0.2) is 18.7 Å². The zero-order valence-corrected chi connectivity index (χ0v) is 3.63. The van der Waals surface area contributed by atoms with E-state index in [1.165, 1.54) is 0 Å². The second kappa shape index (κ2) is 1.48. The molecule has 2 atom stereocenters. The summed E-state index contributed by atoms with van der Waals surface area (Å²) in [6, 6.07) is 0. The molecule has 0 amide bonds. The van der Waals surface area contributed by atoms with Gasteiger partial charge in [-0.25, -0.2) is 4.39 Å². The standard InChI is InChI=1S/C4H5FO2/c5-3-1-4(3)7-2-6/h2-4H,1H2/t3-,4-/m0/s1. The summed E-state index contributed by atoms with van der Waals surface area (Å²) in [5, 5.41) is 0. The van der Waals surface area contributed by atoms with Gasteiger partial charge in [0, 0.05) is 6.42 Å². The van der Waals surface area contributed by atoms with Gasteiger partial charge in [0.2, 0.25) is 0 Å². The van der Waals surface area contributed by atoms with Crippen LogP contribution >= 0.6 is 0 Å². The number of hydrogen-bond donors (Lipinski definition) is 0. The minimum atomic E-state index is -0.884. The summed E-state index contributed by atoms with van der Waals surface area (Å²) in [5.41, 5.74) is 0. The fraction of sp³-hybridized carbons (Fsp3) is 0.750. The Hall–Kier alpha value is -0.600. The Labute approximate surface area is 40.3 Å². The van der Waals surface area contributed by atoms with Crippen LogP contribution in [0, 0.1) is 0 Å². The summed E-state index contributed by atoms with van der Waals surface area (Å²) in [5.74, 6) is 0. The molecule has 7 heavy (non-hydrogen) atoms. The molecule has 1 aliphatic rings. The Bertz CT molecular complexity index is 83.8. The number of alkyl halides is 1. The van der Waals surface area contributed by atoms with Crippen molar-refractivity contribution in [1.82, 2.24) is 0 Å².